The summed E-state index contributed by atoms with van der Waals surface area (Å²) in [6.07, 6.45) is 0.282. The first-order valence-corrected chi connectivity index (χ1v) is 9.03. The second-order valence-corrected chi connectivity index (χ2v) is 7.08. The molecule has 6 heteroatoms. The van der Waals surface area contributed by atoms with Crippen molar-refractivity contribution in [3.63, 3.8) is 0 Å². The molecule has 118 valence electrons. The number of hydrogen-bond donors (Lipinski definition) is 2. The van der Waals surface area contributed by atoms with E-state index in [1.54, 1.807) is 22.8 Å². The zero-order valence-electron chi connectivity index (χ0n) is 12.7. The van der Waals surface area contributed by atoms with Gasteiger partial charge in [-0.05, 0) is 28.8 Å². The predicted octanol–water partition coefficient (Wildman–Crippen LogP) is 3.44. The summed E-state index contributed by atoms with van der Waals surface area (Å²) >= 11 is 3.12. The van der Waals surface area contributed by atoms with Crippen LogP contribution in [0.1, 0.15) is 41.5 Å². The Morgan fingerprint density at radius 1 is 1.23 bits per heavy atom. The highest BCUT2D eigenvalue weighted by Gasteiger charge is 2.19. The molecule has 0 radical (unpaired) electrons. The molecule has 1 atom stereocenters. The van der Waals surface area contributed by atoms with Crippen LogP contribution in [-0.2, 0) is 4.79 Å². The third-order valence-corrected chi connectivity index (χ3v) is 4.89. The minimum absolute atomic E-state index is 0.0278. The van der Waals surface area contributed by atoms with Gasteiger partial charge in [-0.15, -0.1) is 11.3 Å². The van der Waals surface area contributed by atoms with Crippen molar-refractivity contribution in [2.24, 2.45) is 5.92 Å². The largest absolute Gasteiger partial charge is 0.351 e. The molecule has 2 amide bonds. The SMILES string of the molecule is CC(C)C(NC(=O)CCNC(=O)c1ccsc1)c1cccs1. The summed E-state index contributed by atoms with van der Waals surface area (Å²) in [7, 11) is 0. The summed E-state index contributed by atoms with van der Waals surface area (Å²) in [5, 5.41) is 11.5. The van der Waals surface area contributed by atoms with Gasteiger partial charge in [0, 0.05) is 28.8 Å². The van der Waals surface area contributed by atoms with Crippen molar-refractivity contribution in [1.29, 1.82) is 0 Å². The minimum Gasteiger partial charge on any atom is -0.351 e. The smallest absolute Gasteiger partial charge is 0.252 e. The lowest BCUT2D eigenvalue weighted by molar-refractivity contribution is -0.122. The predicted molar refractivity (Wildman–Crippen MR) is 91.3 cm³/mol. The minimum atomic E-state index is -0.132. The monoisotopic (exact) mass is 336 g/mol. The quantitative estimate of drug-likeness (QED) is 0.814. The van der Waals surface area contributed by atoms with E-state index in [9.17, 15) is 9.59 Å². The molecule has 0 aromatic carbocycles. The molecule has 0 saturated heterocycles. The molecule has 0 fully saturated rings. The number of rotatable bonds is 7. The van der Waals surface area contributed by atoms with Gasteiger partial charge in [0.05, 0.1) is 6.04 Å². The Kier molecular flexibility index (Phi) is 6.15. The maximum absolute atomic E-state index is 12.1. The molecule has 4 nitrogen and oxygen atoms in total. The Hall–Kier alpha value is -1.66. The van der Waals surface area contributed by atoms with Crippen LogP contribution in [0, 0.1) is 5.92 Å². The number of amides is 2. The lowest BCUT2D eigenvalue weighted by Crippen LogP contribution is -2.34. The van der Waals surface area contributed by atoms with Crippen molar-refractivity contribution in [3.05, 3.63) is 44.8 Å². The molecule has 2 N–H and O–H groups in total. The van der Waals surface area contributed by atoms with Crippen molar-refractivity contribution in [3.8, 4) is 0 Å². The first kappa shape index (κ1) is 16.7. The van der Waals surface area contributed by atoms with Crippen LogP contribution >= 0.6 is 22.7 Å². The van der Waals surface area contributed by atoms with E-state index in [4.69, 9.17) is 0 Å². The summed E-state index contributed by atoms with van der Waals surface area (Å²) in [6, 6.07) is 5.82. The van der Waals surface area contributed by atoms with E-state index < -0.39 is 0 Å². The fourth-order valence-electron chi connectivity index (χ4n) is 2.07. The zero-order valence-corrected chi connectivity index (χ0v) is 14.3. The molecule has 0 saturated carbocycles. The molecular weight excluding hydrogens is 316 g/mol. The summed E-state index contributed by atoms with van der Waals surface area (Å²) in [5.74, 6) is 0.147. The number of thiophene rings is 2. The molecule has 2 rings (SSSR count). The van der Waals surface area contributed by atoms with Crippen molar-refractivity contribution in [2.45, 2.75) is 26.3 Å². The summed E-state index contributed by atoms with van der Waals surface area (Å²) < 4.78 is 0. The van der Waals surface area contributed by atoms with E-state index in [-0.39, 0.29) is 24.3 Å². The average Bonchev–Trinajstić information content (AvgIpc) is 3.17. The van der Waals surface area contributed by atoms with Crippen LogP contribution in [0.3, 0.4) is 0 Å². The number of nitrogens with one attached hydrogen (secondary N) is 2. The van der Waals surface area contributed by atoms with E-state index in [2.05, 4.69) is 24.5 Å². The standard InChI is InChI=1S/C16H20N2O2S2/c1-11(2)15(13-4-3-8-22-13)18-14(19)5-7-17-16(20)12-6-9-21-10-12/h3-4,6,8-11,15H,5,7H2,1-2H3,(H,17,20)(H,18,19). The average molecular weight is 336 g/mol. The second-order valence-electron chi connectivity index (χ2n) is 5.32. The van der Waals surface area contributed by atoms with E-state index in [0.717, 1.165) is 4.88 Å². The molecule has 2 aromatic heterocycles. The Labute approximate surface area is 138 Å². The lowest BCUT2D eigenvalue weighted by atomic mass is 10.0. The van der Waals surface area contributed by atoms with Crippen molar-refractivity contribution in [1.82, 2.24) is 10.6 Å². The molecule has 1 unspecified atom stereocenters. The molecular formula is C16H20N2O2S2. The Morgan fingerprint density at radius 2 is 2.05 bits per heavy atom. The van der Waals surface area contributed by atoms with Crippen LogP contribution < -0.4 is 10.6 Å². The van der Waals surface area contributed by atoms with Crippen molar-refractivity contribution in [2.75, 3.05) is 6.54 Å². The molecule has 0 bridgehead atoms. The summed E-state index contributed by atoms with van der Waals surface area (Å²) in [6.45, 7) is 4.52. The highest BCUT2D eigenvalue weighted by molar-refractivity contribution is 7.10. The molecule has 2 aromatic rings. The maximum atomic E-state index is 12.1. The van der Waals surface area contributed by atoms with Gasteiger partial charge in [0.2, 0.25) is 5.91 Å². The van der Waals surface area contributed by atoms with Crippen LogP contribution in [0.4, 0.5) is 0 Å². The van der Waals surface area contributed by atoms with Crippen LogP contribution in [0.2, 0.25) is 0 Å². The van der Waals surface area contributed by atoms with Crippen LogP contribution in [0.25, 0.3) is 0 Å². The Morgan fingerprint density at radius 3 is 2.64 bits per heavy atom. The molecule has 2 heterocycles. The van der Waals surface area contributed by atoms with Gasteiger partial charge in [-0.1, -0.05) is 19.9 Å². The van der Waals surface area contributed by atoms with Gasteiger partial charge >= 0.3 is 0 Å². The fourth-order valence-corrected chi connectivity index (χ4v) is 3.65. The topological polar surface area (TPSA) is 58.2 Å². The number of hydrogen-bond acceptors (Lipinski definition) is 4. The van der Waals surface area contributed by atoms with Crippen LogP contribution in [-0.4, -0.2) is 18.4 Å². The molecule has 22 heavy (non-hydrogen) atoms. The van der Waals surface area contributed by atoms with Gasteiger partial charge in [0.1, 0.15) is 0 Å². The first-order chi connectivity index (χ1) is 10.6. The van der Waals surface area contributed by atoms with Gasteiger partial charge in [-0.3, -0.25) is 9.59 Å². The van der Waals surface area contributed by atoms with E-state index in [1.165, 1.54) is 11.3 Å². The molecule has 0 aliphatic rings. The normalized spacial score (nSPS) is 12.1. The number of carbonyl (C=O) groups is 2. The highest BCUT2D eigenvalue weighted by Crippen LogP contribution is 2.25. The van der Waals surface area contributed by atoms with Crippen molar-refractivity contribution < 1.29 is 9.59 Å². The summed E-state index contributed by atoms with van der Waals surface area (Å²) in [4.78, 5) is 25.0. The first-order valence-electron chi connectivity index (χ1n) is 7.21. The molecule has 0 aliphatic carbocycles. The van der Waals surface area contributed by atoms with E-state index in [1.807, 2.05) is 22.9 Å². The molecule has 0 spiro atoms. The third kappa shape index (κ3) is 4.68. The number of carbonyl (C=O) groups excluding carboxylic acids is 2. The molecule has 0 aliphatic heterocycles. The van der Waals surface area contributed by atoms with Crippen LogP contribution in [0.5, 0.6) is 0 Å². The Balaban J connectivity index is 1.78. The van der Waals surface area contributed by atoms with E-state index in [0.29, 0.717) is 18.0 Å². The fraction of sp³-hybridized carbons (Fsp3) is 0.375. The lowest BCUT2D eigenvalue weighted by Gasteiger charge is -2.21. The second kappa shape index (κ2) is 8.10. The van der Waals surface area contributed by atoms with Gasteiger partial charge in [0.25, 0.3) is 5.91 Å². The van der Waals surface area contributed by atoms with Gasteiger partial charge in [-0.25, -0.2) is 0 Å². The van der Waals surface area contributed by atoms with Gasteiger partial charge < -0.3 is 10.6 Å². The van der Waals surface area contributed by atoms with Crippen molar-refractivity contribution >= 4 is 34.5 Å². The zero-order chi connectivity index (χ0) is 15.9. The van der Waals surface area contributed by atoms with Gasteiger partial charge in [-0.2, -0.15) is 11.3 Å². The van der Waals surface area contributed by atoms with E-state index >= 15 is 0 Å². The maximum Gasteiger partial charge on any atom is 0.252 e. The third-order valence-electron chi connectivity index (χ3n) is 3.25. The summed E-state index contributed by atoms with van der Waals surface area (Å²) in [5.41, 5.74) is 0.643. The van der Waals surface area contributed by atoms with Crippen LogP contribution in [0.15, 0.2) is 34.3 Å². The van der Waals surface area contributed by atoms with Gasteiger partial charge in [0.15, 0.2) is 0 Å². The Bertz CT molecular complexity index is 592. The highest BCUT2D eigenvalue weighted by atomic mass is 32.1.